The number of pyridine rings is 1. The van der Waals surface area contributed by atoms with Crippen LogP contribution in [0.5, 0.6) is 0 Å². The third-order valence-corrected chi connectivity index (χ3v) is 5.47. The molecule has 0 aliphatic carbocycles. The van der Waals surface area contributed by atoms with E-state index in [0.29, 0.717) is 0 Å². The van der Waals surface area contributed by atoms with Gasteiger partial charge < -0.3 is 10.2 Å². The number of nitrogens with zero attached hydrogens (tertiary/aromatic N) is 5. The topological polar surface area (TPSA) is 57.2 Å². The Kier molecular flexibility index (Phi) is 6.84. The van der Waals surface area contributed by atoms with Crippen LogP contribution in [0.4, 0.5) is 10.2 Å². The number of halogens is 1. The van der Waals surface area contributed by atoms with Crippen LogP contribution in [0.25, 0.3) is 11.4 Å². The number of fused-ring (bicyclic) bond motifs is 1. The second kappa shape index (κ2) is 9.94. The molecule has 0 spiro atoms. The largest absolute Gasteiger partial charge is 0.370 e. The fourth-order valence-corrected chi connectivity index (χ4v) is 3.83. The molecule has 0 unspecified atom stereocenters. The molecule has 1 aromatic carbocycles. The average molecular weight is 421 g/mol. The van der Waals surface area contributed by atoms with E-state index in [0.717, 1.165) is 79.6 Å². The first kappa shape index (κ1) is 21.3. The predicted octanol–water partition coefficient (Wildman–Crippen LogP) is 3.60. The monoisotopic (exact) mass is 420 g/mol. The van der Waals surface area contributed by atoms with Crippen LogP contribution in [0.1, 0.15) is 23.2 Å². The lowest BCUT2D eigenvalue weighted by Crippen LogP contribution is -2.32. The van der Waals surface area contributed by atoms with Crippen molar-refractivity contribution < 1.29 is 4.39 Å². The molecule has 0 fully saturated rings. The molecule has 0 saturated heterocycles. The molecule has 6 nitrogen and oxygen atoms in total. The Balaban J connectivity index is 1.56. The van der Waals surface area contributed by atoms with Gasteiger partial charge in [0.25, 0.3) is 0 Å². The van der Waals surface area contributed by atoms with Crippen molar-refractivity contribution in [3.63, 3.8) is 0 Å². The van der Waals surface area contributed by atoms with E-state index < -0.39 is 0 Å². The van der Waals surface area contributed by atoms with Crippen molar-refractivity contribution in [3.05, 3.63) is 71.4 Å². The van der Waals surface area contributed by atoms with E-state index >= 15 is 0 Å². The zero-order valence-corrected chi connectivity index (χ0v) is 18.2. The number of hydrogen-bond acceptors (Lipinski definition) is 6. The van der Waals surface area contributed by atoms with Crippen molar-refractivity contribution in [2.45, 2.75) is 25.9 Å². The number of anilines is 1. The summed E-state index contributed by atoms with van der Waals surface area (Å²) in [5, 5.41) is 3.56. The van der Waals surface area contributed by atoms with Gasteiger partial charge in [-0.25, -0.2) is 14.4 Å². The molecule has 31 heavy (non-hydrogen) atoms. The van der Waals surface area contributed by atoms with Gasteiger partial charge in [0.15, 0.2) is 5.82 Å². The van der Waals surface area contributed by atoms with Gasteiger partial charge in [-0.1, -0.05) is 12.1 Å². The van der Waals surface area contributed by atoms with Crippen molar-refractivity contribution in [1.29, 1.82) is 0 Å². The Morgan fingerprint density at radius 3 is 2.58 bits per heavy atom. The smallest absolute Gasteiger partial charge is 0.161 e. The first-order valence-corrected chi connectivity index (χ1v) is 10.7. The van der Waals surface area contributed by atoms with Gasteiger partial charge in [-0.3, -0.25) is 9.88 Å². The molecule has 7 heteroatoms. The van der Waals surface area contributed by atoms with E-state index in [1.165, 1.54) is 12.1 Å². The summed E-state index contributed by atoms with van der Waals surface area (Å²) in [6, 6.07) is 10.6. The van der Waals surface area contributed by atoms with E-state index in [-0.39, 0.29) is 5.82 Å². The summed E-state index contributed by atoms with van der Waals surface area (Å²) in [4.78, 5) is 18.4. The minimum atomic E-state index is -0.200. The quantitative estimate of drug-likeness (QED) is 0.562. The minimum Gasteiger partial charge on any atom is -0.370 e. The molecule has 162 valence electrons. The maximum atomic E-state index is 13.2. The molecule has 1 N–H and O–H groups in total. The van der Waals surface area contributed by atoms with Gasteiger partial charge in [0.05, 0.1) is 5.69 Å². The summed E-state index contributed by atoms with van der Waals surface area (Å²) in [6.07, 6.45) is 5.44. The predicted molar refractivity (Wildman–Crippen MR) is 121 cm³/mol. The molecular formula is C24H29FN6. The highest BCUT2D eigenvalue weighted by Gasteiger charge is 2.23. The fourth-order valence-electron chi connectivity index (χ4n) is 3.83. The molecular weight excluding hydrogens is 391 g/mol. The van der Waals surface area contributed by atoms with Gasteiger partial charge in [0.1, 0.15) is 11.6 Å². The maximum absolute atomic E-state index is 13.2. The summed E-state index contributed by atoms with van der Waals surface area (Å²) in [5.41, 5.74) is 4.35. The molecule has 2 aromatic heterocycles. The summed E-state index contributed by atoms with van der Waals surface area (Å²) in [5.74, 6) is 1.46. The van der Waals surface area contributed by atoms with Gasteiger partial charge in [-0.2, -0.15) is 0 Å². The zero-order valence-electron chi connectivity index (χ0n) is 18.2. The Labute approximate surface area is 183 Å². The van der Waals surface area contributed by atoms with Gasteiger partial charge in [0.2, 0.25) is 0 Å². The SMILES string of the molecule is CN(C)CCCNc1nc(-c2ccncc2)nc2c1CN(Cc1ccc(F)cc1)CC2. The summed E-state index contributed by atoms with van der Waals surface area (Å²) < 4.78 is 13.2. The second-order valence-corrected chi connectivity index (χ2v) is 8.23. The Morgan fingerprint density at radius 2 is 1.84 bits per heavy atom. The van der Waals surface area contributed by atoms with Crippen LogP contribution in [0, 0.1) is 5.82 Å². The standard InChI is InChI=1S/C24H29FN6/c1-30(2)14-3-11-27-24-21-17-31(16-18-4-6-20(25)7-5-18)15-10-22(21)28-23(29-24)19-8-12-26-13-9-19/h4-9,12-13H,3,10-11,14-17H2,1-2H3,(H,27,28,29). The van der Waals surface area contributed by atoms with Crippen LogP contribution in [0.2, 0.25) is 0 Å². The molecule has 1 aliphatic rings. The first-order valence-electron chi connectivity index (χ1n) is 10.7. The third-order valence-electron chi connectivity index (χ3n) is 5.47. The molecule has 1 aliphatic heterocycles. The van der Waals surface area contributed by atoms with E-state index in [2.05, 4.69) is 34.2 Å². The number of nitrogens with one attached hydrogen (secondary N) is 1. The van der Waals surface area contributed by atoms with E-state index in [1.807, 2.05) is 24.3 Å². The molecule has 0 radical (unpaired) electrons. The molecule has 0 amide bonds. The average Bonchev–Trinajstić information content (AvgIpc) is 2.78. The van der Waals surface area contributed by atoms with Gasteiger partial charge in [0, 0.05) is 56.1 Å². The molecule has 0 atom stereocenters. The van der Waals surface area contributed by atoms with Crippen LogP contribution < -0.4 is 5.32 Å². The number of aromatic nitrogens is 3. The lowest BCUT2D eigenvalue weighted by molar-refractivity contribution is 0.243. The first-order chi connectivity index (χ1) is 15.1. The van der Waals surface area contributed by atoms with Crippen molar-refractivity contribution in [3.8, 4) is 11.4 Å². The highest BCUT2D eigenvalue weighted by molar-refractivity contribution is 5.59. The zero-order chi connectivity index (χ0) is 21.6. The van der Waals surface area contributed by atoms with Crippen molar-refractivity contribution in [2.75, 3.05) is 39.0 Å². The van der Waals surface area contributed by atoms with Crippen LogP contribution in [-0.4, -0.2) is 58.5 Å². The van der Waals surface area contributed by atoms with E-state index in [9.17, 15) is 4.39 Å². The van der Waals surface area contributed by atoms with Crippen molar-refractivity contribution >= 4 is 5.82 Å². The van der Waals surface area contributed by atoms with Gasteiger partial charge in [-0.05, 0) is 56.9 Å². The highest BCUT2D eigenvalue weighted by atomic mass is 19.1. The van der Waals surface area contributed by atoms with E-state index in [4.69, 9.17) is 9.97 Å². The van der Waals surface area contributed by atoms with Crippen LogP contribution >= 0.6 is 0 Å². The number of hydrogen-bond donors (Lipinski definition) is 1. The Hall–Kier alpha value is -2.90. The fraction of sp³-hybridized carbons (Fsp3) is 0.375. The van der Waals surface area contributed by atoms with Crippen LogP contribution in [-0.2, 0) is 19.5 Å². The number of rotatable bonds is 8. The Bertz CT molecular complexity index is 991. The highest BCUT2D eigenvalue weighted by Crippen LogP contribution is 2.28. The maximum Gasteiger partial charge on any atom is 0.161 e. The third kappa shape index (κ3) is 5.62. The lowest BCUT2D eigenvalue weighted by Gasteiger charge is -2.30. The molecule has 0 saturated carbocycles. The summed E-state index contributed by atoms with van der Waals surface area (Å²) in [6.45, 7) is 4.35. The van der Waals surface area contributed by atoms with Crippen LogP contribution in [0.15, 0.2) is 48.8 Å². The van der Waals surface area contributed by atoms with Crippen molar-refractivity contribution in [2.24, 2.45) is 0 Å². The molecule has 3 aromatic rings. The van der Waals surface area contributed by atoms with Gasteiger partial charge in [-0.15, -0.1) is 0 Å². The molecule has 4 rings (SSSR count). The second-order valence-electron chi connectivity index (χ2n) is 8.23. The lowest BCUT2D eigenvalue weighted by atomic mass is 10.0. The minimum absolute atomic E-state index is 0.200. The van der Waals surface area contributed by atoms with Crippen LogP contribution in [0.3, 0.4) is 0 Å². The molecule has 3 heterocycles. The molecule has 0 bridgehead atoms. The van der Waals surface area contributed by atoms with E-state index in [1.54, 1.807) is 12.4 Å². The van der Waals surface area contributed by atoms with Crippen molar-refractivity contribution in [1.82, 2.24) is 24.8 Å². The number of benzene rings is 1. The summed E-state index contributed by atoms with van der Waals surface area (Å²) >= 11 is 0. The summed E-state index contributed by atoms with van der Waals surface area (Å²) in [7, 11) is 4.17. The normalized spacial score (nSPS) is 13.9. The van der Waals surface area contributed by atoms with Gasteiger partial charge >= 0.3 is 0 Å². The Morgan fingerprint density at radius 1 is 1.06 bits per heavy atom.